The van der Waals surface area contributed by atoms with Crippen LogP contribution in [0.4, 0.5) is 10.1 Å². The minimum Gasteiger partial charge on any atom is -0.449 e. The second-order valence-electron chi connectivity index (χ2n) is 7.01. The third-order valence-corrected chi connectivity index (χ3v) is 6.70. The summed E-state index contributed by atoms with van der Waals surface area (Å²) < 4.78 is 45.8. The van der Waals surface area contributed by atoms with Crippen LogP contribution in [0.5, 0.6) is 0 Å². The lowest BCUT2D eigenvalue weighted by Gasteiger charge is -2.26. The van der Waals surface area contributed by atoms with Crippen LogP contribution in [0, 0.1) is 5.82 Å². The number of halogens is 1. The second kappa shape index (κ2) is 9.36. The van der Waals surface area contributed by atoms with E-state index in [9.17, 15) is 22.4 Å². The summed E-state index contributed by atoms with van der Waals surface area (Å²) in [4.78, 5) is 24.7. The third kappa shape index (κ3) is 5.03. The molecule has 2 aromatic rings. The summed E-state index contributed by atoms with van der Waals surface area (Å²) in [5, 5.41) is 2.35. The molecule has 0 spiro atoms. The molecular formula is C21H23FN2O5S. The number of hydrogen-bond acceptors (Lipinski definition) is 5. The fourth-order valence-corrected chi connectivity index (χ4v) is 4.68. The molecule has 0 aromatic heterocycles. The van der Waals surface area contributed by atoms with Crippen molar-refractivity contribution in [2.24, 2.45) is 0 Å². The van der Waals surface area contributed by atoms with E-state index in [0.29, 0.717) is 13.1 Å². The molecule has 3 rings (SSSR count). The lowest BCUT2D eigenvalue weighted by atomic mass is 10.2. The number of hydrogen-bond donors (Lipinski definition) is 1. The number of rotatable bonds is 6. The van der Waals surface area contributed by atoms with Crippen LogP contribution in [0.1, 0.15) is 36.5 Å². The van der Waals surface area contributed by atoms with Crippen LogP contribution in [0.2, 0.25) is 0 Å². The first-order chi connectivity index (χ1) is 14.3. The highest BCUT2D eigenvalue weighted by atomic mass is 32.2. The number of piperidine rings is 1. The van der Waals surface area contributed by atoms with Crippen LogP contribution in [-0.4, -0.2) is 43.8 Å². The Hall–Kier alpha value is -2.78. The summed E-state index contributed by atoms with van der Waals surface area (Å²) in [6.07, 6.45) is 1.38. The van der Waals surface area contributed by atoms with E-state index in [1.54, 1.807) is 6.07 Å². The molecule has 0 unspecified atom stereocenters. The highest BCUT2D eigenvalue weighted by Crippen LogP contribution is 2.22. The largest absolute Gasteiger partial charge is 0.449 e. The predicted molar refractivity (Wildman–Crippen MR) is 109 cm³/mol. The van der Waals surface area contributed by atoms with E-state index in [2.05, 4.69) is 5.32 Å². The predicted octanol–water partition coefficient (Wildman–Crippen LogP) is 3.18. The van der Waals surface area contributed by atoms with Gasteiger partial charge in [0.2, 0.25) is 10.0 Å². The van der Waals surface area contributed by atoms with E-state index in [4.69, 9.17) is 4.74 Å². The van der Waals surface area contributed by atoms with Gasteiger partial charge in [-0.2, -0.15) is 4.31 Å². The summed E-state index contributed by atoms with van der Waals surface area (Å²) >= 11 is 0. The zero-order valence-electron chi connectivity index (χ0n) is 16.5. The summed E-state index contributed by atoms with van der Waals surface area (Å²) in [6, 6.07) is 11.2. The van der Waals surface area contributed by atoms with Crippen LogP contribution in [0.25, 0.3) is 0 Å². The molecule has 160 valence electrons. The average molecular weight is 434 g/mol. The van der Waals surface area contributed by atoms with Gasteiger partial charge in [-0.3, -0.25) is 4.79 Å². The van der Waals surface area contributed by atoms with Crippen molar-refractivity contribution in [2.75, 3.05) is 18.4 Å². The Labute approximate surface area is 174 Å². The van der Waals surface area contributed by atoms with Gasteiger partial charge in [0.25, 0.3) is 5.91 Å². The first-order valence-electron chi connectivity index (χ1n) is 9.65. The first-order valence-corrected chi connectivity index (χ1v) is 11.1. The van der Waals surface area contributed by atoms with Gasteiger partial charge in [-0.15, -0.1) is 0 Å². The van der Waals surface area contributed by atoms with E-state index in [0.717, 1.165) is 19.3 Å². The van der Waals surface area contributed by atoms with Crippen LogP contribution in [-0.2, 0) is 19.6 Å². The molecule has 0 saturated carbocycles. The summed E-state index contributed by atoms with van der Waals surface area (Å²) in [6.45, 7) is 2.25. The topological polar surface area (TPSA) is 92.8 Å². The van der Waals surface area contributed by atoms with Crippen molar-refractivity contribution >= 4 is 27.6 Å². The number of carbonyl (C=O) groups excluding carboxylic acids is 2. The Morgan fingerprint density at radius 3 is 2.47 bits per heavy atom. The highest BCUT2D eigenvalue weighted by Gasteiger charge is 2.27. The number of benzene rings is 2. The minimum atomic E-state index is -3.70. The number of carbonyl (C=O) groups is 2. The van der Waals surface area contributed by atoms with Gasteiger partial charge in [0.15, 0.2) is 6.10 Å². The maximum atomic E-state index is 13.7. The number of esters is 1. The molecule has 1 amide bonds. The Morgan fingerprint density at radius 1 is 1.07 bits per heavy atom. The van der Waals surface area contributed by atoms with Crippen molar-refractivity contribution in [3.05, 3.63) is 59.9 Å². The second-order valence-corrected chi connectivity index (χ2v) is 8.95. The van der Waals surface area contributed by atoms with Crippen molar-refractivity contribution in [1.29, 1.82) is 0 Å². The van der Waals surface area contributed by atoms with E-state index in [1.807, 2.05) is 0 Å². The Balaban J connectivity index is 1.69. The van der Waals surface area contributed by atoms with E-state index < -0.39 is 33.8 Å². The molecule has 1 fully saturated rings. The van der Waals surface area contributed by atoms with Crippen molar-refractivity contribution in [2.45, 2.75) is 37.2 Å². The van der Waals surface area contributed by atoms with Gasteiger partial charge in [-0.05, 0) is 50.1 Å². The zero-order chi connectivity index (χ0) is 21.7. The highest BCUT2D eigenvalue weighted by molar-refractivity contribution is 7.89. The molecule has 1 aliphatic heterocycles. The Kier molecular flexibility index (Phi) is 6.84. The summed E-state index contributed by atoms with van der Waals surface area (Å²) in [5.41, 5.74) is -0.0151. The number of sulfonamides is 1. The third-order valence-electron chi connectivity index (χ3n) is 4.81. The Bertz CT molecular complexity index is 1040. The van der Waals surface area contributed by atoms with Gasteiger partial charge in [0.1, 0.15) is 5.82 Å². The number of nitrogens with one attached hydrogen (secondary N) is 1. The number of ether oxygens (including phenoxy) is 1. The van der Waals surface area contributed by atoms with E-state index in [-0.39, 0.29) is 16.1 Å². The van der Waals surface area contributed by atoms with Gasteiger partial charge in [0, 0.05) is 13.1 Å². The smallest absolute Gasteiger partial charge is 0.338 e. The lowest BCUT2D eigenvalue weighted by molar-refractivity contribution is -0.123. The fourth-order valence-electron chi connectivity index (χ4n) is 3.12. The number of amides is 1. The van der Waals surface area contributed by atoms with Crippen molar-refractivity contribution in [3.63, 3.8) is 0 Å². The monoisotopic (exact) mass is 434 g/mol. The molecule has 2 aromatic carbocycles. The van der Waals surface area contributed by atoms with Crippen LogP contribution in [0.3, 0.4) is 0 Å². The fraction of sp³-hybridized carbons (Fsp3) is 0.333. The minimum absolute atomic E-state index is 0.00214. The molecule has 1 N–H and O–H groups in total. The molecule has 1 aliphatic rings. The van der Waals surface area contributed by atoms with Crippen molar-refractivity contribution in [1.82, 2.24) is 4.31 Å². The molecule has 30 heavy (non-hydrogen) atoms. The van der Waals surface area contributed by atoms with Crippen LogP contribution in [0.15, 0.2) is 53.4 Å². The summed E-state index contributed by atoms with van der Waals surface area (Å²) in [5.74, 6) is -2.16. The van der Waals surface area contributed by atoms with Crippen LogP contribution >= 0.6 is 0 Å². The molecule has 7 nitrogen and oxygen atoms in total. The normalized spacial score (nSPS) is 15.9. The SMILES string of the molecule is C[C@@H](OC(=O)c1cccc(S(=O)(=O)N2CCCCC2)c1)C(=O)Nc1ccccc1F. The van der Waals surface area contributed by atoms with E-state index >= 15 is 0 Å². The van der Waals surface area contributed by atoms with Gasteiger partial charge >= 0.3 is 5.97 Å². The number of nitrogens with zero attached hydrogens (tertiary/aromatic N) is 1. The van der Waals surface area contributed by atoms with Gasteiger partial charge in [-0.25, -0.2) is 17.6 Å². The number of para-hydroxylation sites is 1. The first kappa shape index (κ1) is 21.9. The van der Waals surface area contributed by atoms with Gasteiger partial charge < -0.3 is 10.1 Å². The lowest BCUT2D eigenvalue weighted by Crippen LogP contribution is -2.35. The van der Waals surface area contributed by atoms with E-state index in [1.165, 1.54) is 53.7 Å². The molecule has 9 heteroatoms. The Morgan fingerprint density at radius 2 is 1.77 bits per heavy atom. The molecule has 0 radical (unpaired) electrons. The van der Waals surface area contributed by atoms with Crippen molar-refractivity contribution in [3.8, 4) is 0 Å². The molecule has 1 heterocycles. The standard InChI is InChI=1S/C21H23FN2O5S/c1-15(20(25)23-19-11-4-3-10-18(19)22)29-21(26)16-8-7-9-17(14-16)30(27,28)24-12-5-2-6-13-24/h3-4,7-11,14-15H,2,5-6,12-13H2,1H3,(H,23,25)/t15-/m1/s1. The van der Waals surface area contributed by atoms with Gasteiger partial charge in [-0.1, -0.05) is 24.6 Å². The van der Waals surface area contributed by atoms with Crippen LogP contribution < -0.4 is 5.32 Å². The molecule has 1 saturated heterocycles. The molecule has 0 bridgehead atoms. The maximum Gasteiger partial charge on any atom is 0.338 e. The molecule has 1 atom stereocenters. The zero-order valence-corrected chi connectivity index (χ0v) is 17.3. The van der Waals surface area contributed by atoms with Gasteiger partial charge in [0.05, 0.1) is 16.1 Å². The average Bonchev–Trinajstić information content (AvgIpc) is 2.76. The quantitative estimate of drug-likeness (QED) is 0.705. The molecular weight excluding hydrogens is 411 g/mol. The van der Waals surface area contributed by atoms with Crippen molar-refractivity contribution < 1.29 is 27.1 Å². The maximum absolute atomic E-state index is 13.7. The number of anilines is 1. The molecule has 0 aliphatic carbocycles. The summed E-state index contributed by atoms with van der Waals surface area (Å²) in [7, 11) is -3.70.